The predicted octanol–water partition coefficient (Wildman–Crippen LogP) is 4.12. The predicted molar refractivity (Wildman–Crippen MR) is 75.3 cm³/mol. The Morgan fingerprint density at radius 2 is 1.76 bits per heavy atom. The van der Waals surface area contributed by atoms with E-state index in [1.165, 1.54) is 5.56 Å². The molecule has 0 fully saturated rings. The van der Waals surface area contributed by atoms with E-state index in [2.05, 4.69) is 27.2 Å². The number of aromatic nitrogens is 1. The Morgan fingerprint density at radius 1 is 0.941 bits per heavy atom. The lowest BCUT2D eigenvalue weighted by Gasteiger charge is -1.96. The Hall–Kier alpha value is -1.65. The minimum atomic E-state index is 0.780. The topological polar surface area (TPSA) is 38.9 Å². The molecule has 3 rings (SSSR count). The van der Waals surface area contributed by atoms with Crippen LogP contribution >= 0.6 is 22.7 Å². The SMILES string of the molecule is Nc1ccc(-c2csc(-c3ccsc3)n2)cc1. The van der Waals surface area contributed by atoms with E-state index in [9.17, 15) is 0 Å². The van der Waals surface area contributed by atoms with E-state index in [4.69, 9.17) is 5.73 Å². The standard InChI is InChI=1S/C13H10N2S2/c14-11-3-1-9(2-4-11)12-8-17-13(15-12)10-5-6-16-7-10/h1-8H,14H2. The molecule has 84 valence electrons. The zero-order chi connectivity index (χ0) is 11.7. The van der Waals surface area contributed by atoms with Crippen LogP contribution < -0.4 is 5.73 Å². The van der Waals surface area contributed by atoms with Gasteiger partial charge in [0, 0.05) is 27.6 Å². The fourth-order valence-corrected chi connectivity index (χ4v) is 3.12. The van der Waals surface area contributed by atoms with Crippen LogP contribution in [0, 0.1) is 0 Å². The summed E-state index contributed by atoms with van der Waals surface area (Å²) in [5.74, 6) is 0. The molecule has 0 radical (unpaired) electrons. The van der Waals surface area contributed by atoms with Gasteiger partial charge in [-0.25, -0.2) is 4.98 Å². The van der Waals surface area contributed by atoms with Crippen LogP contribution in [-0.4, -0.2) is 4.98 Å². The minimum Gasteiger partial charge on any atom is -0.399 e. The third kappa shape index (κ3) is 2.09. The molecule has 0 amide bonds. The fourth-order valence-electron chi connectivity index (χ4n) is 1.58. The highest BCUT2D eigenvalue weighted by Gasteiger charge is 2.06. The van der Waals surface area contributed by atoms with E-state index in [0.29, 0.717) is 0 Å². The third-order valence-electron chi connectivity index (χ3n) is 2.48. The highest BCUT2D eigenvalue weighted by molar-refractivity contribution is 7.14. The van der Waals surface area contributed by atoms with Crippen LogP contribution in [0.15, 0.2) is 46.5 Å². The van der Waals surface area contributed by atoms with Crippen LogP contribution in [0.1, 0.15) is 0 Å². The summed E-state index contributed by atoms with van der Waals surface area (Å²) in [7, 11) is 0. The highest BCUT2D eigenvalue weighted by Crippen LogP contribution is 2.30. The van der Waals surface area contributed by atoms with Gasteiger partial charge in [-0.05, 0) is 23.6 Å². The molecule has 1 aromatic carbocycles. The minimum absolute atomic E-state index is 0.780. The summed E-state index contributed by atoms with van der Waals surface area (Å²) in [6.07, 6.45) is 0. The Bertz CT molecular complexity index is 609. The molecule has 0 aliphatic heterocycles. The van der Waals surface area contributed by atoms with Crippen molar-refractivity contribution >= 4 is 28.4 Å². The zero-order valence-electron chi connectivity index (χ0n) is 8.96. The van der Waals surface area contributed by atoms with Crippen molar-refractivity contribution < 1.29 is 0 Å². The van der Waals surface area contributed by atoms with Crippen molar-refractivity contribution in [2.24, 2.45) is 0 Å². The summed E-state index contributed by atoms with van der Waals surface area (Å²) in [4.78, 5) is 4.64. The maximum atomic E-state index is 5.67. The van der Waals surface area contributed by atoms with Crippen molar-refractivity contribution in [2.75, 3.05) is 5.73 Å². The number of hydrogen-bond acceptors (Lipinski definition) is 4. The molecule has 2 heterocycles. The molecule has 0 saturated heterocycles. The average Bonchev–Trinajstić information content (AvgIpc) is 3.00. The first-order valence-electron chi connectivity index (χ1n) is 5.17. The number of hydrogen-bond donors (Lipinski definition) is 1. The lowest BCUT2D eigenvalue weighted by molar-refractivity contribution is 1.41. The molecule has 4 heteroatoms. The van der Waals surface area contributed by atoms with Gasteiger partial charge in [-0.15, -0.1) is 11.3 Å². The van der Waals surface area contributed by atoms with Gasteiger partial charge in [-0.1, -0.05) is 12.1 Å². The van der Waals surface area contributed by atoms with Crippen LogP contribution in [0.5, 0.6) is 0 Å². The van der Waals surface area contributed by atoms with Gasteiger partial charge in [0.2, 0.25) is 0 Å². The van der Waals surface area contributed by atoms with Crippen LogP contribution in [0.25, 0.3) is 21.8 Å². The van der Waals surface area contributed by atoms with Crippen molar-refractivity contribution in [1.29, 1.82) is 0 Å². The number of thiazole rings is 1. The Kier molecular flexibility index (Phi) is 2.66. The third-order valence-corrected chi connectivity index (χ3v) is 4.05. The molecule has 0 saturated carbocycles. The van der Waals surface area contributed by atoms with Gasteiger partial charge < -0.3 is 5.73 Å². The van der Waals surface area contributed by atoms with Gasteiger partial charge in [-0.2, -0.15) is 11.3 Å². The molecule has 0 spiro atoms. The molecular formula is C13H10N2S2. The van der Waals surface area contributed by atoms with Gasteiger partial charge in [0.1, 0.15) is 5.01 Å². The van der Waals surface area contributed by atoms with Crippen molar-refractivity contribution in [1.82, 2.24) is 4.98 Å². The maximum absolute atomic E-state index is 5.67. The largest absolute Gasteiger partial charge is 0.399 e. The quantitative estimate of drug-likeness (QED) is 0.702. The second kappa shape index (κ2) is 4.31. The van der Waals surface area contributed by atoms with E-state index in [-0.39, 0.29) is 0 Å². The molecule has 0 bridgehead atoms. The number of nitrogens with two attached hydrogens (primary N) is 1. The molecule has 0 unspecified atom stereocenters. The summed E-state index contributed by atoms with van der Waals surface area (Å²) >= 11 is 3.36. The van der Waals surface area contributed by atoms with Crippen molar-refractivity contribution in [2.45, 2.75) is 0 Å². The fraction of sp³-hybridized carbons (Fsp3) is 0. The first kappa shape index (κ1) is 10.5. The first-order valence-corrected chi connectivity index (χ1v) is 6.99. The van der Waals surface area contributed by atoms with E-state index in [0.717, 1.165) is 22.0 Å². The van der Waals surface area contributed by atoms with Crippen LogP contribution in [0.2, 0.25) is 0 Å². The van der Waals surface area contributed by atoms with Crippen LogP contribution in [0.3, 0.4) is 0 Å². The van der Waals surface area contributed by atoms with Gasteiger partial charge in [0.05, 0.1) is 5.69 Å². The van der Waals surface area contributed by atoms with Gasteiger partial charge >= 0.3 is 0 Å². The lowest BCUT2D eigenvalue weighted by Crippen LogP contribution is -1.84. The number of nitrogen functional groups attached to an aromatic ring is 1. The first-order chi connectivity index (χ1) is 8.33. The monoisotopic (exact) mass is 258 g/mol. The summed E-state index contributed by atoms with van der Waals surface area (Å²) < 4.78 is 0. The number of nitrogens with zero attached hydrogens (tertiary/aromatic N) is 1. The van der Waals surface area contributed by atoms with Gasteiger partial charge in [0.25, 0.3) is 0 Å². The molecule has 2 N–H and O–H groups in total. The second-order valence-electron chi connectivity index (χ2n) is 3.67. The number of benzene rings is 1. The molecule has 0 atom stereocenters. The van der Waals surface area contributed by atoms with Gasteiger partial charge in [0.15, 0.2) is 0 Å². The molecule has 2 aromatic heterocycles. The van der Waals surface area contributed by atoms with Crippen LogP contribution in [0.4, 0.5) is 5.69 Å². The number of anilines is 1. The highest BCUT2D eigenvalue weighted by atomic mass is 32.1. The van der Waals surface area contributed by atoms with E-state index >= 15 is 0 Å². The summed E-state index contributed by atoms with van der Waals surface area (Å²) in [6, 6.07) is 9.90. The van der Waals surface area contributed by atoms with E-state index in [1.807, 2.05) is 24.3 Å². The smallest absolute Gasteiger partial charge is 0.124 e. The average molecular weight is 258 g/mol. The van der Waals surface area contributed by atoms with E-state index < -0.39 is 0 Å². The van der Waals surface area contributed by atoms with Crippen molar-refractivity contribution in [3.8, 4) is 21.8 Å². The molecule has 17 heavy (non-hydrogen) atoms. The van der Waals surface area contributed by atoms with Gasteiger partial charge in [-0.3, -0.25) is 0 Å². The molecule has 2 nitrogen and oxygen atoms in total. The second-order valence-corrected chi connectivity index (χ2v) is 5.31. The summed E-state index contributed by atoms with van der Waals surface area (Å²) in [5, 5.41) is 7.34. The van der Waals surface area contributed by atoms with Crippen molar-refractivity contribution in [3.63, 3.8) is 0 Å². The Balaban J connectivity index is 1.98. The number of thiophene rings is 1. The normalized spacial score (nSPS) is 10.6. The number of rotatable bonds is 2. The summed E-state index contributed by atoms with van der Waals surface area (Å²) in [5.41, 5.74) is 9.77. The van der Waals surface area contributed by atoms with Crippen molar-refractivity contribution in [3.05, 3.63) is 46.5 Å². The lowest BCUT2D eigenvalue weighted by atomic mass is 10.1. The summed E-state index contributed by atoms with van der Waals surface area (Å²) in [6.45, 7) is 0. The Labute approximate surface area is 107 Å². The zero-order valence-corrected chi connectivity index (χ0v) is 10.6. The Morgan fingerprint density at radius 3 is 2.47 bits per heavy atom. The molecule has 0 aliphatic carbocycles. The molecule has 0 aliphatic rings. The van der Waals surface area contributed by atoms with Crippen LogP contribution in [-0.2, 0) is 0 Å². The molecule has 3 aromatic rings. The maximum Gasteiger partial charge on any atom is 0.124 e. The molecular weight excluding hydrogens is 248 g/mol. The van der Waals surface area contributed by atoms with E-state index in [1.54, 1.807) is 22.7 Å².